The molecule has 1 aromatic carbocycles. The average molecular weight is 275 g/mol. The summed E-state index contributed by atoms with van der Waals surface area (Å²) < 4.78 is 0. The fourth-order valence-corrected chi connectivity index (χ4v) is 2.78. The second-order valence-electron chi connectivity index (χ2n) is 4.82. The second-order valence-corrected chi connectivity index (χ2v) is 5.71. The van der Waals surface area contributed by atoms with Crippen LogP contribution in [0.3, 0.4) is 0 Å². The number of nitrogens with zero attached hydrogens (tertiary/aromatic N) is 2. The molecule has 0 aliphatic heterocycles. The minimum absolute atomic E-state index is 0.0211. The zero-order valence-corrected chi connectivity index (χ0v) is 12.6. The Labute approximate surface area is 119 Å². The molecule has 0 aliphatic rings. The van der Waals surface area contributed by atoms with Crippen molar-refractivity contribution in [3.05, 3.63) is 45.9 Å². The molecule has 0 amide bonds. The fraction of sp³-hybridized carbons (Fsp3) is 0.400. The number of aryl methyl sites for hydroxylation is 1. The van der Waals surface area contributed by atoms with Crippen LogP contribution in [-0.4, -0.2) is 11.5 Å². The molecule has 0 aliphatic carbocycles. The summed E-state index contributed by atoms with van der Waals surface area (Å²) >= 11 is 1.65. The number of benzene rings is 1. The van der Waals surface area contributed by atoms with Gasteiger partial charge in [0.15, 0.2) is 0 Å². The highest BCUT2D eigenvalue weighted by Crippen LogP contribution is 2.21. The Morgan fingerprint density at radius 3 is 2.79 bits per heavy atom. The first-order chi connectivity index (χ1) is 9.10. The Kier molecular flexibility index (Phi) is 4.56. The summed E-state index contributed by atoms with van der Waals surface area (Å²) in [6.45, 7) is 8.06. The Balaban J connectivity index is 2.14. The highest BCUT2D eigenvalue weighted by Gasteiger charge is 2.10. The van der Waals surface area contributed by atoms with Crippen LogP contribution in [0.2, 0.25) is 0 Å². The van der Waals surface area contributed by atoms with Gasteiger partial charge >= 0.3 is 0 Å². The van der Waals surface area contributed by atoms with E-state index in [0.717, 1.165) is 23.8 Å². The van der Waals surface area contributed by atoms with E-state index in [9.17, 15) is 0 Å². The van der Waals surface area contributed by atoms with Crippen LogP contribution in [0, 0.1) is 6.92 Å². The van der Waals surface area contributed by atoms with Crippen LogP contribution >= 0.6 is 11.3 Å². The molecule has 1 atom stereocenters. The Morgan fingerprint density at radius 1 is 1.42 bits per heavy atom. The number of nitrogens with two attached hydrogens (primary N) is 1. The van der Waals surface area contributed by atoms with Crippen LogP contribution < -0.4 is 10.6 Å². The maximum Gasteiger partial charge on any atom is 0.109 e. The topological polar surface area (TPSA) is 42.1 Å². The lowest BCUT2D eigenvalue weighted by molar-refractivity contribution is 0.775. The van der Waals surface area contributed by atoms with Gasteiger partial charge in [-0.05, 0) is 38.5 Å². The van der Waals surface area contributed by atoms with Gasteiger partial charge in [-0.25, -0.2) is 4.98 Å². The van der Waals surface area contributed by atoms with Gasteiger partial charge in [0.2, 0.25) is 0 Å². The van der Waals surface area contributed by atoms with Gasteiger partial charge in [-0.2, -0.15) is 0 Å². The molecule has 102 valence electrons. The Bertz CT molecular complexity index is 534. The van der Waals surface area contributed by atoms with E-state index in [0.29, 0.717) is 0 Å². The molecule has 3 nitrogen and oxygen atoms in total. The van der Waals surface area contributed by atoms with E-state index < -0.39 is 0 Å². The molecule has 2 N–H and O–H groups in total. The van der Waals surface area contributed by atoms with E-state index in [1.807, 2.05) is 6.92 Å². The van der Waals surface area contributed by atoms with Gasteiger partial charge in [-0.3, -0.25) is 0 Å². The maximum atomic E-state index is 5.86. The predicted octanol–water partition coefficient (Wildman–Crippen LogP) is 3.50. The van der Waals surface area contributed by atoms with Gasteiger partial charge in [0.1, 0.15) is 5.01 Å². The molecule has 2 aromatic rings. The normalized spacial score (nSPS) is 12.4. The smallest absolute Gasteiger partial charge is 0.109 e. The molecule has 1 unspecified atom stereocenters. The predicted molar refractivity (Wildman–Crippen MR) is 82.6 cm³/mol. The van der Waals surface area contributed by atoms with Crippen LogP contribution in [-0.2, 0) is 6.54 Å². The van der Waals surface area contributed by atoms with Gasteiger partial charge in [0.05, 0.1) is 18.3 Å². The average Bonchev–Trinajstić information content (AvgIpc) is 2.84. The van der Waals surface area contributed by atoms with E-state index >= 15 is 0 Å². The molecule has 0 bridgehead atoms. The summed E-state index contributed by atoms with van der Waals surface area (Å²) in [5.41, 5.74) is 9.48. The van der Waals surface area contributed by atoms with Crippen LogP contribution in [0.25, 0.3) is 0 Å². The van der Waals surface area contributed by atoms with E-state index in [2.05, 4.69) is 53.4 Å². The summed E-state index contributed by atoms with van der Waals surface area (Å²) in [6.07, 6.45) is 0. The molecule has 19 heavy (non-hydrogen) atoms. The Morgan fingerprint density at radius 2 is 2.21 bits per heavy atom. The standard InChI is InChI=1S/C15H21N3S/c1-4-18(14-7-5-6-11(2)8-14)9-13-10-19-15(17-13)12(3)16/h5-8,10,12H,4,9,16H2,1-3H3. The van der Waals surface area contributed by atoms with Gasteiger partial charge in [-0.1, -0.05) is 12.1 Å². The van der Waals surface area contributed by atoms with Crippen LogP contribution in [0.15, 0.2) is 29.6 Å². The van der Waals surface area contributed by atoms with Crippen molar-refractivity contribution in [3.63, 3.8) is 0 Å². The molecule has 0 fully saturated rings. The van der Waals surface area contributed by atoms with E-state index in [-0.39, 0.29) is 6.04 Å². The number of hydrogen-bond acceptors (Lipinski definition) is 4. The molecule has 0 saturated carbocycles. The van der Waals surface area contributed by atoms with E-state index in [1.54, 1.807) is 11.3 Å². The summed E-state index contributed by atoms with van der Waals surface area (Å²) in [4.78, 5) is 6.92. The molecular weight excluding hydrogens is 254 g/mol. The first kappa shape index (κ1) is 14.0. The fourth-order valence-electron chi connectivity index (χ4n) is 2.01. The minimum Gasteiger partial charge on any atom is -0.366 e. The van der Waals surface area contributed by atoms with Crippen molar-refractivity contribution in [1.82, 2.24) is 4.98 Å². The first-order valence-electron chi connectivity index (χ1n) is 6.61. The second kappa shape index (κ2) is 6.17. The third-order valence-electron chi connectivity index (χ3n) is 3.06. The summed E-state index contributed by atoms with van der Waals surface area (Å²) in [6, 6.07) is 8.60. The monoisotopic (exact) mass is 275 g/mol. The highest BCUT2D eigenvalue weighted by atomic mass is 32.1. The molecule has 0 spiro atoms. The molecule has 4 heteroatoms. The summed E-state index contributed by atoms with van der Waals surface area (Å²) in [5, 5.41) is 3.12. The molecular formula is C15H21N3S. The lowest BCUT2D eigenvalue weighted by atomic mass is 10.2. The van der Waals surface area contributed by atoms with Crippen molar-refractivity contribution in [2.75, 3.05) is 11.4 Å². The van der Waals surface area contributed by atoms with Gasteiger partial charge in [0, 0.05) is 17.6 Å². The van der Waals surface area contributed by atoms with Crippen molar-refractivity contribution in [3.8, 4) is 0 Å². The molecule has 2 rings (SSSR count). The van der Waals surface area contributed by atoms with Crippen molar-refractivity contribution < 1.29 is 0 Å². The maximum absolute atomic E-state index is 5.86. The minimum atomic E-state index is 0.0211. The van der Waals surface area contributed by atoms with Gasteiger partial charge in [-0.15, -0.1) is 11.3 Å². The number of rotatable bonds is 5. The third-order valence-corrected chi connectivity index (χ3v) is 4.15. The van der Waals surface area contributed by atoms with Crippen molar-refractivity contribution in [1.29, 1.82) is 0 Å². The van der Waals surface area contributed by atoms with Crippen LogP contribution in [0.4, 0.5) is 5.69 Å². The number of aromatic nitrogens is 1. The zero-order valence-electron chi connectivity index (χ0n) is 11.8. The SMILES string of the molecule is CCN(Cc1csc(C(C)N)n1)c1cccc(C)c1. The van der Waals surface area contributed by atoms with Gasteiger partial charge in [0.25, 0.3) is 0 Å². The quantitative estimate of drug-likeness (QED) is 0.908. The number of hydrogen-bond donors (Lipinski definition) is 1. The van der Waals surface area contributed by atoms with Gasteiger partial charge < -0.3 is 10.6 Å². The molecule has 1 aromatic heterocycles. The van der Waals surface area contributed by atoms with Crippen LogP contribution in [0.1, 0.15) is 36.2 Å². The Hall–Kier alpha value is -1.39. The molecule has 0 saturated heterocycles. The lowest BCUT2D eigenvalue weighted by Crippen LogP contribution is -2.22. The number of thiazole rings is 1. The van der Waals surface area contributed by atoms with Crippen molar-refractivity contribution >= 4 is 17.0 Å². The van der Waals surface area contributed by atoms with E-state index in [1.165, 1.54) is 11.3 Å². The van der Waals surface area contributed by atoms with Crippen molar-refractivity contribution in [2.45, 2.75) is 33.4 Å². The van der Waals surface area contributed by atoms with Crippen molar-refractivity contribution in [2.24, 2.45) is 5.73 Å². The zero-order chi connectivity index (χ0) is 13.8. The number of anilines is 1. The molecule has 1 heterocycles. The largest absolute Gasteiger partial charge is 0.366 e. The summed E-state index contributed by atoms with van der Waals surface area (Å²) in [5.74, 6) is 0. The summed E-state index contributed by atoms with van der Waals surface area (Å²) in [7, 11) is 0. The highest BCUT2D eigenvalue weighted by molar-refractivity contribution is 7.09. The van der Waals surface area contributed by atoms with E-state index in [4.69, 9.17) is 5.73 Å². The van der Waals surface area contributed by atoms with Crippen LogP contribution in [0.5, 0.6) is 0 Å². The lowest BCUT2D eigenvalue weighted by Gasteiger charge is -2.22. The third kappa shape index (κ3) is 3.55. The molecule has 0 radical (unpaired) electrons. The first-order valence-corrected chi connectivity index (χ1v) is 7.49.